The van der Waals surface area contributed by atoms with Gasteiger partial charge in [-0.25, -0.2) is 0 Å². The van der Waals surface area contributed by atoms with Crippen molar-refractivity contribution in [3.05, 3.63) is 23.8 Å². The molecule has 2 nitrogen and oxygen atoms in total. The molecule has 0 bridgehead atoms. The summed E-state index contributed by atoms with van der Waals surface area (Å²) in [7, 11) is 0. The van der Waals surface area contributed by atoms with Crippen LogP contribution in [0.25, 0.3) is 0 Å². The predicted molar refractivity (Wildman–Crippen MR) is 66.3 cm³/mol. The third-order valence-electron chi connectivity index (χ3n) is 2.95. The maximum Gasteiger partial charge on any atom is 0.0605 e. The van der Waals surface area contributed by atoms with E-state index in [0.29, 0.717) is 0 Å². The van der Waals surface area contributed by atoms with Crippen LogP contribution >= 0.6 is 0 Å². The lowest BCUT2D eigenvalue weighted by molar-refractivity contribution is 0.764. The van der Waals surface area contributed by atoms with E-state index in [0.717, 1.165) is 18.3 Å². The van der Waals surface area contributed by atoms with Crippen LogP contribution in [0.5, 0.6) is 0 Å². The summed E-state index contributed by atoms with van der Waals surface area (Å²) in [5.74, 6) is 0. The Morgan fingerprint density at radius 2 is 2.13 bits per heavy atom. The fourth-order valence-corrected chi connectivity index (χ4v) is 2.03. The van der Waals surface area contributed by atoms with Crippen molar-refractivity contribution in [3.63, 3.8) is 0 Å². The van der Waals surface area contributed by atoms with E-state index < -0.39 is 0 Å². The first-order valence-corrected chi connectivity index (χ1v) is 5.85. The van der Waals surface area contributed by atoms with Crippen LogP contribution in [0, 0.1) is 6.92 Å². The zero-order valence-corrected chi connectivity index (χ0v) is 9.66. The van der Waals surface area contributed by atoms with Crippen LogP contribution in [-0.4, -0.2) is 12.6 Å². The summed E-state index contributed by atoms with van der Waals surface area (Å²) in [6, 6.07) is 7.06. The molecule has 2 N–H and O–H groups in total. The number of rotatable bonds is 4. The molecule has 82 valence electrons. The van der Waals surface area contributed by atoms with Crippen molar-refractivity contribution in [1.82, 2.24) is 0 Å². The van der Waals surface area contributed by atoms with Gasteiger partial charge in [0.1, 0.15) is 0 Å². The van der Waals surface area contributed by atoms with Crippen molar-refractivity contribution < 1.29 is 0 Å². The quantitative estimate of drug-likeness (QED) is 0.764. The van der Waals surface area contributed by atoms with Gasteiger partial charge in [0.2, 0.25) is 0 Å². The number of nitrogen functional groups attached to an aromatic ring is 1. The SMILES string of the molecule is CCCN(c1cc(C)ccc1N)C1CC1. The molecular formula is C13H20N2. The molecule has 1 fully saturated rings. The molecule has 15 heavy (non-hydrogen) atoms. The second-order valence-corrected chi connectivity index (χ2v) is 4.49. The fraction of sp³-hybridized carbons (Fsp3) is 0.538. The average molecular weight is 204 g/mol. The van der Waals surface area contributed by atoms with Crippen LogP contribution in [0.3, 0.4) is 0 Å². The molecule has 0 saturated heterocycles. The minimum absolute atomic E-state index is 0.744. The van der Waals surface area contributed by atoms with Crippen LogP contribution < -0.4 is 10.6 Å². The Morgan fingerprint density at radius 1 is 1.40 bits per heavy atom. The van der Waals surface area contributed by atoms with E-state index in [1.54, 1.807) is 0 Å². The molecule has 0 aromatic heterocycles. The van der Waals surface area contributed by atoms with Gasteiger partial charge in [0.05, 0.1) is 11.4 Å². The summed E-state index contributed by atoms with van der Waals surface area (Å²) in [5, 5.41) is 0. The van der Waals surface area contributed by atoms with E-state index in [4.69, 9.17) is 5.73 Å². The Labute approximate surface area is 92.1 Å². The Balaban J connectivity index is 2.27. The van der Waals surface area contributed by atoms with Gasteiger partial charge in [-0.15, -0.1) is 0 Å². The molecule has 1 saturated carbocycles. The highest BCUT2D eigenvalue weighted by Crippen LogP contribution is 2.35. The number of hydrogen-bond donors (Lipinski definition) is 1. The normalized spacial score (nSPS) is 15.3. The minimum Gasteiger partial charge on any atom is -0.397 e. The van der Waals surface area contributed by atoms with Crippen LogP contribution in [0.1, 0.15) is 31.7 Å². The van der Waals surface area contributed by atoms with Crippen molar-refractivity contribution in [2.45, 2.75) is 39.2 Å². The van der Waals surface area contributed by atoms with Gasteiger partial charge in [0.15, 0.2) is 0 Å². The molecule has 0 aliphatic heterocycles. The zero-order valence-electron chi connectivity index (χ0n) is 9.66. The largest absolute Gasteiger partial charge is 0.397 e. The van der Waals surface area contributed by atoms with Crippen LogP contribution in [0.4, 0.5) is 11.4 Å². The molecule has 1 aliphatic carbocycles. The number of anilines is 2. The maximum absolute atomic E-state index is 6.04. The molecular weight excluding hydrogens is 184 g/mol. The van der Waals surface area contributed by atoms with Crippen molar-refractivity contribution in [2.24, 2.45) is 0 Å². The van der Waals surface area contributed by atoms with Gasteiger partial charge >= 0.3 is 0 Å². The summed E-state index contributed by atoms with van der Waals surface area (Å²) < 4.78 is 0. The van der Waals surface area contributed by atoms with Crippen molar-refractivity contribution in [1.29, 1.82) is 0 Å². The van der Waals surface area contributed by atoms with Gasteiger partial charge in [-0.3, -0.25) is 0 Å². The minimum atomic E-state index is 0.744. The monoisotopic (exact) mass is 204 g/mol. The van der Waals surface area contributed by atoms with Gasteiger partial charge in [-0.1, -0.05) is 13.0 Å². The third-order valence-corrected chi connectivity index (χ3v) is 2.95. The summed E-state index contributed by atoms with van der Waals surface area (Å²) in [6.07, 6.45) is 3.84. The number of nitrogens with zero attached hydrogens (tertiary/aromatic N) is 1. The highest BCUT2D eigenvalue weighted by molar-refractivity contribution is 5.69. The molecule has 1 aliphatic rings. The van der Waals surface area contributed by atoms with E-state index in [2.05, 4.69) is 30.9 Å². The average Bonchev–Trinajstić information content (AvgIpc) is 3.02. The number of nitrogens with two attached hydrogens (primary N) is 1. The number of benzene rings is 1. The molecule has 0 atom stereocenters. The Hall–Kier alpha value is -1.18. The molecule has 0 heterocycles. The van der Waals surface area contributed by atoms with Crippen LogP contribution in [0.15, 0.2) is 18.2 Å². The summed E-state index contributed by atoms with van der Waals surface area (Å²) in [5.41, 5.74) is 9.49. The Morgan fingerprint density at radius 3 is 2.73 bits per heavy atom. The molecule has 0 unspecified atom stereocenters. The Kier molecular flexibility index (Phi) is 2.85. The van der Waals surface area contributed by atoms with Gasteiger partial charge < -0.3 is 10.6 Å². The second kappa shape index (κ2) is 4.13. The lowest BCUT2D eigenvalue weighted by Crippen LogP contribution is -2.27. The van der Waals surface area contributed by atoms with E-state index in [1.807, 2.05) is 6.07 Å². The van der Waals surface area contributed by atoms with E-state index in [9.17, 15) is 0 Å². The first-order valence-electron chi connectivity index (χ1n) is 5.85. The summed E-state index contributed by atoms with van der Waals surface area (Å²) in [4.78, 5) is 2.47. The van der Waals surface area contributed by atoms with Gasteiger partial charge in [-0.2, -0.15) is 0 Å². The molecule has 0 radical (unpaired) electrons. The lowest BCUT2D eigenvalue weighted by atomic mass is 10.1. The predicted octanol–water partition coefficient (Wildman–Crippen LogP) is 2.96. The lowest BCUT2D eigenvalue weighted by Gasteiger charge is -2.26. The third kappa shape index (κ3) is 2.25. The Bertz CT molecular complexity index is 342. The van der Waals surface area contributed by atoms with Crippen molar-refractivity contribution in [2.75, 3.05) is 17.2 Å². The molecule has 2 heteroatoms. The number of aryl methyl sites for hydroxylation is 1. The van der Waals surface area contributed by atoms with Crippen LogP contribution in [0.2, 0.25) is 0 Å². The second-order valence-electron chi connectivity index (χ2n) is 4.49. The molecule has 0 spiro atoms. The highest BCUT2D eigenvalue weighted by Gasteiger charge is 2.29. The maximum atomic E-state index is 6.04. The fourth-order valence-electron chi connectivity index (χ4n) is 2.03. The number of hydrogen-bond acceptors (Lipinski definition) is 2. The first kappa shape index (κ1) is 10.3. The molecule has 0 amide bonds. The standard InChI is InChI=1S/C13H20N2/c1-3-8-15(11-5-6-11)13-9-10(2)4-7-12(13)14/h4,7,9,11H,3,5-6,8,14H2,1-2H3. The highest BCUT2D eigenvalue weighted by atomic mass is 15.2. The van der Waals surface area contributed by atoms with Gasteiger partial charge in [0.25, 0.3) is 0 Å². The summed E-state index contributed by atoms with van der Waals surface area (Å²) in [6.45, 7) is 5.47. The summed E-state index contributed by atoms with van der Waals surface area (Å²) >= 11 is 0. The van der Waals surface area contributed by atoms with E-state index >= 15 is 0 Å². The van der Waals surface area contributed by atoms with Gasteiger partial charge in [-0.05, 0) is 43.9 Å². The van der Waals surface area contributed by atoms with E-state index in [-0.39, 0.29) is 0 Å². The van der Waals surface area contributed by atoms with Crippen LogP contribution in [-0.2, 0) is 0 Å². The van der Waals surface area contributed by atoms with Crippen molar-refractivity contribution >= 4 is 11.4 Å². The van der Waals surface area contributed by atoms with Gasteiger partial charge in [0, 0.05) is 12.6 Å². The molecule has 1 aromatic carbocycles. The molecule has 2 rings (SSSR count). The zero-order chi connectivity index (χ0) is 10.8. The molecule has 1 aromatic rings. The first-order chi connectivity index (χ1) is 7.22. The topological polar surface area (TPSA) is 29.3 Å². The van der Waals surface area contributed by atoms with Crippen molar-refractivity contribution in [3.8, 4) is 0 Å². The smallest absolute Gasteiger partial charge is 0.0605 e. The van der Waals surface area contributed by atoms with E-state index in [1.165, 1.54) is 30.5 Å².